The van der Waals surface area contributed by atoms with Crippen LogP contribution in [0, 0.1) is 0 Å². The molecule has 1 aliphatic heterocycles. The number of amides is 1. The number of carbonyl (C=O) groups excluding carboxylic acids is 2. The van der Waals surface area contributed by atoms with Gasteiger partial charge < -0.3 is 19.1 Å². The maximum atomic E-state index is 12.0. The maximum absolute atomic E-state index is 12.0. The van der Waals surface area contributed by atoms with Crippen LogP contribution in [0.4, 0.5) is 0 Å². The summed E-state index contributed by atoms with van der Waals surface area (Å²) in [6.07, 6.45) is 5.54. The quantitative estimate of drug-likeness (QED) is 0.313. The Hall–Kier alpha value is -1.14. The first-order valence-corrected chi connectivity index (χ1v) is 8.68. The second-order valence-corrected chi connectivity index (χ2v) is 5.88. The first kappa shape index (κ1) is 19.9. The molecular weight excluding hydrogens is 298 g/mol. The van der Waals surface area contributed by atoms with Gasteiger partial charge in [-0.25, -0.2) is 0 Å². The number of rotatable bonds is 12. The van der Waals surface area contributed by atoms with Gasteiger partial charge in [0.25, 0.3) is 0 Å². The van der Waals surface area contributed by atoms with Gasteiger partial charge in [-0.1, -0.05) is 12.8 Å². The lowest BCUT2D eigenvalue weighted by molar-refractivity contribution is -0.143. The average molecular weight is 329 g/mol. The second-order valence-electron chi connectivity index (χ2n) is 5.88. The smallest absolute Gasteiger partial charge is 0.305 e. The highest BCUT2D eigenvalue weighted by Gasteiger charge is 2.30. The highest BCUT2D eigenvalue weighted by atomic mass is 16.7. The van der Waals surface area contributed by atoms with E-state index in [2.05, 4.69) is 4.74 Å². The molecule has 23 heavy (non-hydrogen) atoms. The molecular formula is C17H31NO5. The van der Waals surface area contributed by atoms with Gasteiger partial charge in [-0.3, -0.25) is 9.59 Å². The fraction of sp³-hybridized carbons (Fsp3) is 0.882. The molecule has 1 amide bonds. The van der Waals surface area contributed by atoms with E-state index in [9.17, 15) is 9.59 Å². The molecule has 0 spiro atoms. The van der Waals surface area contributed by atoms with E-state index >= 15 is 0 Å². The van der Waals surface area contributed by atoms with E-state index in [0.717, 1.165) is 38.6 Å². The fourth-order valence-corrected chi connectivity index (χ4v) is 2.81. The van der Waals surface area contributed by atoms with Crippen LogP contribution in [0.3, 0.4) is 0 Å². The maximum Gasteiger partial charge on any atom is 0.305 e. The number of methoxy groups -OCH3 is 1. The molecule has 6 nitrogen and oxygen atoms in total. The lowest BCUT2D eigenvalue weighted by atomic mass is 10.1. The van der Waals surface area contributed by atoms with Crippen molar-refractivity contribution in [1.29, 1.82) is 0 Å². The highest BCUT2D eigenvalue weighted by molar-refractivity contribution is 5.78. The van der Waals surface area contributed by atoms with E-state index in [0.29, 0.717) is 26.1 Å². The third kappa shape index (κ3) is 7.79. The summed E-state index contributed by atoms with van der Waals surface area (Å²) in [6, 6.07) is 0.167. The molecule has 0 radical (unpaired) electrons. The Balaban J connectivity index is 2.19. The average Bonchev–Trinajstić information content (AvgIpc) is 2.89. The third-order valence-corrected chi connectivity index (χ3v) is 4.13. The molecule has 134 valence electrons. The van der Waals surface area contributed by atoms with Gasteiger partial charge in [0.1, 0.15) is 0 Å². The molecule has 0 bridgehead atoms. The number of esters is 1. The molecule has 0 saturated carbocycles. The molecule has 1 unspecified atom stereocenters. The number of likely N-dealkylation sites (tertiary alicyclic amines) is 1. The molecule has 2 atom stereocenters. The molecule has 1 saturated heterocycles. The molecule has 1 aliphatic rings. The van der Waals surface area contributed by atoms with Crippen LogP contribution in [0.15, 0.2) is 0 Å². The Morgan fingerprint density at radius 1 is 1.26 bits per heavy atom. The van der Waals surface area contributed by atoms with Crippen LogP contribution < -0.4 is 0 Å². The number of carbonyl (C=O) groups is 2. The zero-order chi connectivity index (χ0) is 17.1. The summed E-state index contributed by atoms with van der Waals surface area (Å²) in [6.45, 7) is 5.75. The summed E-state index contributed by atoms with van der Waals surface area (Å²) in [5, 5.41) is 0. The molecule has 1 heterocycles. The minimum atomic E-state index is -0.226. The van der Waals surface area contributed by atoms with Crippen molar-refractivity contribution in [1.82, 2.24) is 4.90 Å². The largest absolute Gasteiger partial charge is 0.469 e. The van der Waals surface area contributed by atoms with E-state index in [-0.39, 0.29) is 24.2 Å². The van der Waals surface area contributed by atoms with Crippen molar-refractivity contribution in [2.75, 3.05) is 26.9 Å². The molecule has 6 heteroatoms. The van der Waals surface area contributed by atoms with Gasteiger partial charge in [-0.2, -0.15) is 0 Å². The normalized spacial score (nSPS) is 19.2. The van der Waals surface area contributed by atoms with Crippen LogP contribution >= 0.6 is 0 Å². The Kier molecular flexibility index (Phi) is 9.87. The number of hydrogen-bond acceptors (Lipinski definition) is 5. The van der Waals surface area contributed by atoms with E-state index in [1.165, 1.54) is 7.11 Å². The van der Waals surface area contributed by atoms with Gasteiger partial charge in [-0.15, -0.1) is 0 Å². The van der Waals surface area contributed by atoms with Gasteiger partial charge in [0.2, 0.25) is 5.91 Å². The minimum Gasteiger partial charge on any atom is -0.469 e. The lowest BCUT2D eigenvalue weighted by Crippen LogP contribution is -2.37. The zero-order valence-electron chi connectivity index (χ0n) is 14.7. The fourth-order valence-electron chi connectivity index (χ4n) is 2.81. The molecule has 0 aromatic heterocycles. The predicted octanol–water partition coefficient (Wildman–Crippen LogP) is 2.50. The van der Waals surface area contributed by atoms with E-state index < -0.39 is 0 Å². The van der Waals surface area contributed by atoms with Crippen LogP contribution in [0.2, 0.25) is 0 Å². The molecule has 0 N–H and O–H groups in total. The first-order valence-electron chi connectivity index (χ1n) is 8.68. The molecule has 0 aromatic carbocycles. The van der Waals surface area contributed by atoms with Crippen LogP contribution in [0.25, 0.3) is 0 Å². The summed E-state index contributed by atoms with van der Waals surface area (Å²) >= 11 is 0. The zero-order valence-corrected chi connectivity index (χ0v) is 14.7. The Bertz CT molecular complexity index is 361. The van der Waals surface area contributed by atoms with Crippen molar-refractivity contribution in [3.63, 3.8) is 0 Å². The SMILES string of the molecule is CCOC(C)OC[C@H]1CCC(=O)N1CCCCCCC(=O)OC. The molecule has 1 rings (SSSR count). The number of unbranched alkanes of at least 4 members (excludes halogenated alkanes) is 3. The summed E-state index contributed by atoms with van der Waals surface area (Å²) in [5.41, 5.74) is 0. The summed E-state index contributed by atoms with van der Waals surface area (Å²) in [4.78, 5) is 24.9. The number of ether oxygens (including phenoxy) is 3. The lowest BCUT2D eigenvalue weighted by Gasteiger charge is -2.26. The van der Waals surface area contributed by atoms with Gasteiger partial charge in [0.15, 0.2) is 6.29 Å². The third-order valence-electron chi connectivity index (χ3n) is 4.13. The van der Waals surface area contributed by atoms with Crippen LogP contribution in [0.1, 0.15) is 58.8 Å². The van der Waals surface area contributed by atoms with Crippen molar-refractivity contribution < 1.29 is 23.8 Å². The van der Waals surface area contributed by atoms with Gasteiger partial charge >= 0.3 is 5.97 Å². The van der Waals surface area contributed by atoms with E-state index in [1.807, 2.05) is 18.7 Å². The molecule has 1 fully saturated rings. The summed E-state index contributed by atoms with van der Waals surface area (Å²) in [5.74, 6) is 0.0672. The van der Waals surface area contributed by atoms with Gasteiger partial charge in [0.05, 0.1) is 19.8 Å². The van der Waals surface area contributed by atoms with Crippen LogP contribution in [0.5, 0.6) is 0 Å². The van der Waals surface area contributed by atoms with Gasteiger partial charge in [0, 0.05) is 26.0 Å². The van der Waals surface area contributed by atoms with Gasteiger partial charge in [-0.05, 0) is 33.1 Å². The minimum absolute atomic E-state index is 0.152. The number of nitrogens with zero attached hydrogens (tertiary/aromatic N) is 1. The summed E-state index contributed by atoms with van der Waals surface area (Å²) in [7, 11) is 1.41. The predicted molar refractivity (Wildman–Crippen MR) is 86.9 cm³/mol. The second kappa shape index (κ2) is 11.4. The standard InChI is InChI=1S/C17H31NO5/c1-4-22-14(2)23-13-15-10-11-16(19)18(15)12-8-6-5-7-9-17(20)21-3/h14-15H,4-13H2,1-3H3/t14?,15-/m1/s1. The highest BCUT2D eigenvalue weighted by Crippen LogP contribution is 2.20. The Labute approximate surface area is 139 Å². The Morgan fingerprint density at radius 3 is 2.70 bits per heavy atom. The number of hydrogen-bond donors (Lipinski definition) is 0. The van der Waals surface area contributed by atoms with Crippen molar-refractivity contribution in [3.05, 3.63) is 0 Å². The summed E-state index contributed by atoms with van der Waals surface area (Å²) < 4.78 is 15.6. The Morgan fingerprint density at radius 2 is 2.00 bits per heavy atom. The first-order chi connectivity index (χ1) is 11.1. The van der Waals surface area contributed by atoms with E-state index in [4.69, 9.17) is 9.47 Å². The van der Waals surface area contributed by atoms with Crippen molar-refractivity contribution in [2.24, 2.45) is 0 Å². The topological polar surface area (TPSA) is 65.1 Å². The molecule has 0 aliphatic carbocycles. The molecule has 0 aromatic rings. The van der Waals surface area contributed by atoms with E-state index in [1.54, 1.807) is 0 Å². The van der Waals surface area contributed by atoms with Crippen molar-refractivity contribution >= 4 is 11.9 Å². The van der Waals surface area contributed by atoms with Crippen LogP contribution in [-0.2, 0) is 23.8 Å². The monoisotopic (exact) mass is 329 g/mol. The van der Waals surface area contributed by atoms with Crippen molar-refractivity contribution in [3.8, 4) is 0 Å². The van der Waals surface area contributed by atoms with Crippen molar-refractivity contribution in [2.45, 2.75) is 71.1 Å². The van der Waals surface area contributed by atoms with Crippen LogP contribution in [-0.4, -0.2) is 56.0 Å².